The summed E-state index contributed by atoms with van der Waals surface area (Å²) in [6, 6.07) is 4.18. The van der Waals surface area contributed by atoms with Gasteiger partial charge in [-0.2, -0.15) is 0 Å². The normalized spacial score (nSPS) is 25.0. The molecule has 17 heavy (non-hydrogen) atoms. The Balaban J connectivity index is 1.76. The van der Waals surface area contributed by atoms with Crippen LogP contribution in [0, 0.1) is 0 Å². The van der Waals surface area contributed by atoms with E-state index in [4.69, 9.17) is 4.98 Å². The lowest BCUT2D eigenvalue weighted by Crippen LogP contribution is -2.16. The molecule has 0 amide bonds. The molecule has 1 aliphatic rings. The van der Waals surface area contributed by atoms with E-state index in [1.165, 1.54) is 9.88 Å². The quantitative estimate of drug-likeness (QED) is 0.893. The van der Waals surface area contributed by atoms with Crippen molar-refractivity contribution in [1.82, 2.24) is 4.98 Å². The molecule has 0 bridgehead atoms. The highest BCUT2D eigenvalue weighted by atomic mass is 32.1. The molecule has 1 N–H and O–H groups in total. The number of nitrogens with zero attached hydrogens (tertiary/aromatic N) is 1. The number of aliphatic hydroxyl groups is 1. The summed E-state index contributed by atoms with van der Waals surface area (Å²) in [5.41, 5.74) is 1.12. The highest BCUT2D eigenvalue weighted by Crippen LogP contribution is 2.36. The first-order valence-corrected chi connectivity index (χ1v) is 7.76. The van der Waals surface area contributed by atoms with Gasteiger partial charge >= 0.3 is 0 Å². The lowest BCUT2D eigenvalue weighted by atomic mass is 9.88. The predicted octanol–water partition coefficient (Wildman–Crippen LogP) is 3.89. The second-order valence-electron chi connectivity index (χ2n) is 4.55. The van der Waals surface area contributed by atoms with Crippen LogP contribution in [0.4, 0.5) is 0 Å². The summed E-state index contributed by atoms with van der Waals surface area (Å²) in [5.74, 6) is 0.567. The fourth-order valence-corrected chi connectivity index (χ4v) is 4.09. The Hall–Kier alpha value is -0.710. The van der Waals surface area contributed by atoms with Gasteiger partial charge in [-0.15, -0.1) is 22.7 Å². The van der Waals surface area contributed by atoms with E-state index in [0.717, 1.165) is 31.4 Å². The summed E-state index contributed by atoms with van der Waals surface area (Å²) in [4.78, 5) is 6.00. The van der Waals surface area contributed by atoms with E-state index >= 15 is 0 Å². The summed E-state index contributed by atoms with van der Waals surface area (Å²) in [6.45, 7) is 0. The molecule has 2 nitrogen and oxygen atoms in total. The Labute approximate surface area is 109 Å². The maximum atomic E-state index is 9.51. The van der Waals surface area contributed by atoms with Crippen molar-refractivity contribution in [3.63, 3.8) is 0 Å². The SMILES string of the molecule is OC1CCC(c2nc(-c3cccs3)cs2)CC1. The van der Waals surface area contributed by atoms with Crippen LogP contribution in [-0.2, 0) is 0 Å². The maximum absolute atomic E-state index is 9.51. The zero-order chi connectivity index (χ0) is 11.7. The first kappa shape index (κ1) is 11.4. The van der Waals surface area contributed by atoms with Crippen molar-refractivity contribution in [2.75, 3.05) is 0 Å². The second-order valence-corrected chi connectivity index (χ2v) is 6.39. The summed E-state index contributed by atoms with van der Waals surface area (Å²) >= 11 is 3.51. The lowest BCUT2D eigenvalue weighted by molar-refractivity contribution is 0.122. The van der Waals surface area contributed by atoms with Crippen molar-refractivity contribution in [3.8, 4) is 10.6 Å². The van der Waals surface area contributed by atoms with E-state index in [0.29, 0.717) is 5.92 Å². The van der Waals surface area contributed by atoms with Crippen molar-refractivity contribution in [2.24, 2.45) is 0 Å². The second kappa shape index (κ2) is 4.88. The van der Waals surface area contributed by atoms with Crippen LogP contribution in [0.2, 0.25) is 0 Å². The monoisotopic (exact) mass is 265 g/mol. The minimum absolute atomic E-state index is 0.0806. The van der Waals surface area contributed by atoms with Gasteiger partial charge in [-0.05, 0) is 37.1 Å². The standard InChI is InChI=1S/C13H15NOS2/c15-10-5-3-9(4-6-10)13-14-11(8-17-13)12-2-1-7-16-12/h1-2,7-10,15H,3-6H2. The Bertz CT molecular complexity index is 469. The molecule has 0 radical (unpaired) electrons. The largest absolute Gasteiger partial charge is 0.393 e. The molecular weight excluding hydrogens is 250 g/mol. The fourth-order valence-electron chi connectivity index (χ4n) is 2.34. The Kier molecular flexibility index (Phi) is 3.27. The molecule has 0 unspecified atom stereocenters. The highest BCUT2D eigenvalue weighted by Gasteiger charge is 2.23. The minimum Gasteiger partial charge on any atom is -0.393 e. The average molecular weight is 265 g/mol. The van der Waals surface area contributed by atoms with E-state index in [1.807, 2.05) is 0 Å². The molecule has 0 spiro atoms. The van der Waals surface area contributed by atoms with Crippen LogP contribution in [0.1, 0.15) is 36.6 Å². The zero-order valence-electron chi connectivity index (χ0n) is 9.50. The van der Waals surface area contributed by atoms with Crippen molar-refractivity contribution in [1.29, 1.82) is 0 Å². The smallest absolute Gasteiger partial charge is 0.0963 e. The molecule has 1 fully saturated rings. The van der Waals surface area contributed by atoms with E-state index in [-0.39, 0.29) is 6.10 Å². The van der Waals surface area contributed by atoms with Crippen LogP contribution < -0.4 is 0 Å². The molecule has 90 valence electrons. The van der Waals surface area contributed by atoms with Gasteiger partial charge in [-0.25, -0.2) is 4.98 Å². The fraction of sp³-hybridized carbons (Fsp3) is 0.462. The number of aromatic nitrogens is 1. The molecule has 1 saturated carbocycles. The summed E-state index contributed by atoms with van der Waals surface area (Å²) in [7, 11) is 0. The van der Waals surface area contributed by atoms with Gasteiger partial charge in [0.15, 0.2) is 0 Å². The number of thiazole rings is 1. The topological polar surface area (TPSA) is 33.1 Å². The molecule has 2 aromatic rings. The number of rotatable bonds is 2. The average Bonchev–Trinajstić information content (AvgIpc) is 3.00. The van der Waals surface area contributed by atoms with Crippen LogP contribution in [0.3, 0.4) is 0 Å². The molecule has 0 saturated heterocycles. The van der Waals surface area contributed by atoms with Crippen LogP contribution in [0.5, 0.6) is 0 Å². The van der Waals surface area contributed by atoms with E-state index in [2.05, 4.69) is 22.9 Å². The first-order chi connectivity index (χ1) is 8.33. The van der Waals surface area contributed by atoms with Gasteiger partial charge in [-0.3, -0.25) is 0 Å². The van der Waals surface area contributed by atoms with Gasteiger partial charge < -0.3 is 5.11 Å². The first-order valence-electron chi connectivity index (χ1n) is 6.00. The molecular formula is C13H15NOS2. The van der Waals surface area contributed by atoms with Crippen molar-refractivity contribution < 1.29 is 5.11 Å². The lowest BCUT2D eigenvalue weighted by Gasteiger charge is -2.23. The maximum Gasteiger partial charge on any atom is 0.0963 e. The van der Waals surface area contributed by atoms with Crippen LogP contribution in [0.15, 0.2) is 22.9 Å². The Morgan fingerprint density at radius 2 is 2.00 bits per heavy atom. The zero-order valence-corrected chi connectivity index (χ0v) is 11.1. The molecule has 2 heterocycles. The molecule has 4 heteroatoms. The number of thiophene rings is 1. The summed E-state index contributed by atoms with van der Waals surface area (Å²) in [6.07, 6.45) is 3.94. The van der Waals surface area contributed by atoms with Gasteiger partial charge in [0.25, 0.3) is 0 Å². The number of hydrogen-bond acceptors (Lipinski definition) is 4. The third kappa shape index (κ3) is 2.44. The van der Waals surface area contributed by atoms with Crippen molar-refractivity contribution >= 4 is 22.7 Å². The molecule has 0 aromatic carbocycles. The Morgan fingerprint density at radius 1 is 1.18 bits per heavy atom. The number of hydrogen-bond donors (Lipinski definition) is 1. The van der Waals surface area contributed by atoms with Gasteiger partial charge in [0.1, 0.15) is 0 Å². The number of aliphatic hydroxyl groups excluding tert-OH is 1. The predicted molar refractivity (Wildman–Crippen MR) is 72.6 cm³/mol. The molecule has 2 aromatic heterocycles. The van der Waals surface area contributed by atoms with Gasteiger partial charge in [0.2, 0.25) is 0 Å². The van der Waals surface area contributed by atoms with Crippen LogP contribution in [0.25, 0.3) is 10.6 Å². The Morgan fingerprint density at radius 3 is 2.71 bits per heavy atom. The van der Waals surface area contributed by atoms with Gasteiger partial charge in [-0.1, -0.05) is 6.07 Å². The van der Waals surface area contributed by atoms with Crippen molar-refractivity contribution in [2.45, 2.75) is 37.7 Å². The highest BCUT2D eigenvalue weighted by molar-refractivity contribution is 7.14. The molecule has 1 aliphatic carbocycles. The summed E-state index contributed by atoms with van der Waals surface area (Å²) < 4.78 is 0. The van der Waals surface area contributed by atoms with E-state index in [1.54, 1.807) is 22.7 Å². The summed E-state index contributed by atoms with van der Waals surface area (Å²) in [5, 5.41) is 15.0. The molecule has 3 rings (SSSR count). The third-order valence-corrected chi connectivity index (χ3v) is 5.24. The van der Waals surface area contributed by atoms with E-state index < -0.39 is 0 Å². The van der Waals surface area contributed by atoms with Crippen molar-refractivity contribution in [3.05, 3.63) is 27.9 Å². The van der Waals surface area contributed by atoms with Crippen LogP contribution >= 0.6 is 22.7 Å². The molecule has 0 atom stereocenters. The minimum atomic E-state index is -0.0806. The van der Waals surface area contributed by atoms with E-state index in [9.17, 15) is 5.11 Å². The molecule has 0 aliphatic heterocycles. The van der Waals surface area contributed by atoms with Crippen LogP contribution in [-0.4, -0.2) is 16.2 Å². The van der Waals surface area contributed by atoms with Gasteiger partial charge in [0, 0.05) is 11.3 Å². The van der Waals surface area contributed by atoms with Gasteiger partial charge in [0.05, 0.1) is 21.7 Å². The third-order valence-electron chi connectivity index (χ3n) is 3.34.